The Balaban J connectivity index is 0.000000921. The summed E-state index contributed by atoms with van der Waals surface area (Å²) in [4.78, 5) is 0. The zero-order chi connectivity index (χ0) is 11.7. The minimum atomic E-state index is 0.219. The van der Waals surface area contributed by atoms with Crippen LogP contribution in [-0.2, 0) is 16.3 Å². The van der Waals surface area contributed by atoms with Gasteiger partial charge >= 0.3 is 30.0 Å². The summed E-state index contributed by atoms with van der Waals surface area (Å²) in [5.41, 5.74) is 0. The standard InChI is InChI=1S/C11H15O2.BrH.Zn/c1-4-9(2)13-11-8-6-5-7-10(11)12-3;;/h6-9H,4H2,1-3H3;1H;/q-1;;+2/p-1. The molecule has 1 atom stereocenters. The van der Waals surface area contributed by atoms with E-state index in [0.29, 0.717) is 0 Å². The molecular weight excluding hydrogens is 309 g/mol. The number of halogens is 1. The van der Waals surface area contributed by atoms with Crippen LogP contribution in [0.5, 0.6) is 11.5 Å². The van der Waals surface area contributed by atoms with E-state index in [2.05, 4.69) is 26.6 Å². The molecule has 0 saturated heterocycles. The SMILES string of the molecule is CCC(C)Oc1cc[c-]cc1OC.[Zn+][Br]. The minimum absolute atomic E-state index is 0.219. The quantitative estimate of drug-likeness (QED) is 0.623. The number of benzene rings is 1. The van der Waals surface area contributed by atoms with E-state index < -0.39 is 0 Å². The van der Waals surface area contributed by atoms with E-state index in [9.17, 15) is 0 Å². The molecule has 0 fully saturated rings. The first-order valence-corrected chi connectivity index (χ1v) is 11.7. The second kappa shape index (κ2) is 9.17. The van der Waals surface area contributed by atoms with Crippen LogP contribution in [0.3, 0.4) is 0 Å². The number of hydrogen-bond donors (Lipinski definition) is 0. The predicted molar refractivity (Wildman–Crippen MR) is 61.1 cm³/mol. The molecule has 2 nitrogen and oxygen atoms in total. The summed E-state index contributed by atoms with van der Waals surface area (Å²) in [5.74, 6) is 1.53. The van der Waals surface area contributed by atoms with E-state index >= 15 is 0 Å². The molecular formula is C11H15BrO2Zn. The molecule has 1 aromatic rings. The molecule has 0 aromatic heterocycles. The van der Waals surface area contributed by atoms with Gasteiger partial charge in [0.15, 0.2) is 0 Å². The molecule has 0 saturated carbocycles. The van der Waals surface area contributed by atoms with Crippen LogP contribution in [-0.4, -0.2) is 13.2 Å². The fourth-order valence-electron chi connectivity index (χ4n) is 0.958. The van der Waals surface area contributed by atoms with E-state index in [1.807, 2.05) is 19.1 Å². The zero-order valence-electron chi connectivity index (χ0n) is 9.42. The van der Waals surface area contributed by atoms with Gasteiger partial charge in [0.2, 0.25) is 0 Å². The number of methoxy groups -OCH3 is 1. The van der Waals surface area contributed by atoms with Gasteiger partial charge in [-0.1, -0.05) is 6.92 Å². The first kappa shape index (κ1) is 14.9. The van der Waals surface area contributed by atoms with Crippen molar-refractivity contribution in [2.24, 2.45) is 0 Å². The first-order chi connectivity index (χ1) is 7.27. The number of rotatable bonds is 4. The van der Waals surface area contributed by atoms with E-state index in [1.54, 1.807) is 13.2 Å². The fraction of sp³-hybridized carbons (Fsp3) is 0.455. The van der Waals surface area contributed by atoms with E-state index in [1.165, 1.54) is 16.3 Å². The van der Waals surface area contributed by atoms with Gasteiger partial charge in [-0.3, -0.25) is 0 Å². The number of hydrogen-bond acceptors (Lipinski definition) is 2. The zero-order valence-corrected chi connectivity index (χ0v) is 14.0. The van der Waals surface area contributed by atoms with Gasteiger partial charge in [-0.05, 0) is 13.3 Å². The second-order valence-electron chi connectivity index (χ2n) is 2.91. The van der Waals surface area contributed by atoms with Crippen LogP contribution in [0, 0.1) is 6.07 Å². The van der Waals surface area contributed by atoms with Gasteiger partial charge in [0.1, 0.15) is 0 Å². The molecule has 0 radical (unpaired) electrons. The van der Waals surface area contributed by atoms with Gasteiger partial charge in [0.05, 0.1) is 19.0 Å². The maximum atomic E-state index is 5.64. The summed E-state index contributed by atoms with van der Waals surface area (Å²) < 4.78 is 10.8. The molecule has 1 aromatic carbocycles. The van der Waals surface area contributed by atoms with Crippen molar-refractivity contribution in [3.63, 3.8) is 0 Å². The summed E-state index contributed by atoms with van der Waals surface area (Å²) in [5, 5.41) is 0. The van der Waals surface area contributed by atoms with Crippen molar-refractivity contribution in [3.8, 4) is 11.5 Å². The molecule has 0 heterocycles. The molecule has 15 heavy (non-hydrogen) atoms. The summed E-state index contributed by atoms with van der Waals surface area (Å²) in [6, 6.07) is 8.40. The van der Waals surface area contributed by atoms with Crippen LogP contribution in [0.25, 0.3) is 0 Å². The van der Waals surface area contributed by atoms with Crippen LogP contribution in [0.2, 0.25) is 0 Å². The maximum absolute atomic E-state index is 5.64. The topological polar surface area (TPSA) is 18.5 Å². The van der Waals surface area contributed by atoms with E-state index in [4.69, 9.17) is 9.47 Å². The third kappa shape index (κ3) is 5.53. The Morgan fingerprint density at radius 2 is 2.13 bits per heavy atom. The predicted octanol–water partition coefficient (Wildman–Crippen LogP) is 3.52. The monoisotopic (exact) mass is 322 g/mol. The van der Waals surface area contributed by atoms with Crippen molar-refractivity contribution < 1.29 is 25.8 Å². The molecule has 0 aliphatic heterocycles. The molecule has 0 amide bonds. The Hall–Kier alpha value is -0.0766. The van der Waals surface area contributed by atoms with Crippen molar-refractivity contribution in [2.75, 3.05) is 7.11 Å². The third-order valence-electron chi connectivity index (χ3n) is 1.91. The summed E-state index contributed by atoms with van der Waals surface area (Å²) in [6.45, 7) is 4.13. The first-order valence-electron chi connectivity index (χ1n) is 4.75. The Morgan fingerprint density at radius 1 is 1.47 bits per heavy atom. The van der Waals surface area contributed by atoms with Crippen molar-refractivity contribution in [1.29, 1.82) is 0 Å². The van der Waals surface area contributed by atoms with Gasteiger partial charge in [0.25, 0.3) is 0 Å². The molecule has 0 aliphatic rings. The van der Waals surface area contributed by atoms with Gasteiger partial charge in [-0.2, -0.15) is 12.1 Å². The summed E-state index contributed by atoms with van der Waals surface area (Å²) in [6.07, 6.45) is 1.21. The number of ether oxygens (including phenoxy) is 2. The van der Waals surface area contributed by atoms with Gasteiger partial charge in [-0.25, -0.2) is 0 Å². The Bertz CT molecular complexity index is 269. The van der Waals surface area contributed by atoms with Crippen LogP contribution in [0.15, 0.2) is 18.2 Å². The molecule has 0 N–H and O–H groups in total. The van der Waals surface area contributed by atoms with Gasteiger partial charge < -0.3 is 9.47 Å². The van der Waals surface area contributed by atoms with E-state index in [0.717, 1.165) is 17.9 Å². The van der Waals surface area contributed by atoms with Crippen molar-refractivity contribution in [3.05, 3.63) is 24.3 Å². The summed E-state index contributed by atoms with van der Waals surface area (Å²) >= 11 is 4.25. The Labute approximate surface area is 108 Å². The van der Waals surface area contributed by atoms with Crippen LogP contribution < -0.4 is 9.47 Å². The molecule has 0 spiro atoms. The van der Waals surface area contributed by atoms with Crippen molar-refractivity contribution in [1.82, 2.24) is 0 Å². The molecule has 0 aliphatic carbocycles. The Morgan fingerprint density at radius 3 is 2.67 bits per heavy atom. The normalized spacial score (nSPS) is 11.1. The van der Waals surface area contributed by atoms with Crippen molar-refractivity contribution in [2.45, 2.75) is 26.4 Å². The van der Waals surface area contributed by atoms with Crippen LogP contribution in [0.1, 0.15) is 20.3 Å². The average molecular weight is 325 g/mol. The Kier molecular flexibility index (Phi) is 9.12. The van der Waals surface area contributed by atoms with Crippen molar-refractivity contribution >= 4 is 13.6 Å². The van der Waals surface area contributed by atoms with Gasteiger partial charge in [-0.15, -0.1) is 12.1 Å². The van der Waals surface area contributed by atoms with Gasteiger partial charge in [0, 0.05) is 5.75 Å². The molecule has 0 bridgehead atoms. The molecule has 80 valence electrons. The molecule has 1 rings (SSSR count). The van der Waals surface area contributed by atoms with Crippen LogP contribution in [0.4, 0.5) is 0 Å². The average Bonchev–Trinajstić information content (AvgIpc) is 2.32. The fourth-order valence-corrected chi connectivity index (χ4v) is 0.958. The molecule has 4 heteroatoms. The van der Waals surface area contributed by atoms with E-state index in [-0.39, 0.29) is 6.10 Å². The van der Waals surface area contributed by atoms with Crippen LogP contribution >= 0.6 is 13.6 Å². The molecule has 1 unspecified atom stereocenters. The third-order valence-corrected chi connectivity index (χ3v) is 1.91. The second-order valence-corrected chi connectivity index (χ2v) is 2.91. The summed E-state index contributed by atoms with van der Waals surface area (Å²) in [7, 11) is 1.63.